The van der Waals surface area contributed by atoms with E-state index in [2.05, 4.69) is 10.0 Å². The maximum absolute atomic E-state index is 13.5. The highest BCUT2D eigenvalue weighted by molar-refractivity contribution is 7.93. The Kier molecular flexibility index (Phi) is 7.11. The van der Waals surface area contributed by atoms with Crippen molar-refractivity contribution in [1.29, 1.82) is 0 Å². The van der Waals surface area contributed by atoms with E-state index in [0.29, 0.717) is 17.8 Å². The molecule has 0 fully saturated rings. The Labute approximate surface area is 232 Å². The maximum Gasteiger partial charge on any atom is 0.264 e. The fraction of sp³-hybridized carbons (Fsp3) is 0.107. The molecule has 1 aliphatic rings. The number of para-hydroxylation sites is 2. The number of benzene rings is 4. The van der Waals surface area contributed by atoms with Crippen molar-refractivity contribution in [3.8, 4) is 0 Å². The van der Waals surface area contributed by atoms with E-state index in [1.807, 2.05) is 19.1 Å². The first-order chi connectivity index (χ1) is 18.6. The van der Waals surface area contributed by atoms with Crippen LogP contribution in [0, 0.1) is 0 Å². The van der Waals surface area contributed by atoms with Gasteiger partial charge in [-0.25, -0.2) is 16.8 Å². The van der Waals surface area contributed by atoms with Crippen molar-refractivity contribution in [1.82, 2.24) is 0 Å². The van der Waals surface area contributed by atoms with Gasteiger partial charge in [0.2, 0.25) is 0 Å². The van der Waals surface area contributed by atoms with Crippen LogP contribution in [0.25, 0.3) is 0 Å². The first-order valence-corrected chi connectivity index (χ1v) is 15.3. The van der Waals surface area contributed by atoms with Crippen LogP contribution in [0.3, 0.4) is 0 Å². The van der Waals surface area contributed by atoms with E-state index in [4.69, 9.17) is 11.6 Å². The van der Waals surface area contributed by atoms with Crippen LogP contribution in [0.5, 0.6) is 0 Å². The lowest BCUT2D eigenvalue weighted by Crippen LogP contribution is -2.35. The second-order valence-corrected chi connectivity index (χ2v) is 13.0. The van der Waals surface area contributed by atoms with E-state index in [0.717, 1.165) is 5.56 Å². The normalized spacial score (nSPS) is 15.0. The number of amides is 1. The van der Waals surface area contributed by atoms with Gasteiger partial charge >= 0.3 is 0 Å². The number of carbonyl (C=O) groups is 1. The minimum atomic E-state index is -3.91. The number of hydrogen-bond acceptors (Lipinski definition) is 5. The van der Waals surface area contributed by atoms with Gasteiger partial charge in [-0.1, -0.05) is 48.0 Å². The maximum atomic E-state index is 13.5. The number of halogens is 1. The van der Waals surface area contributed by atoms with E-state index in [1.54, 1.807) is 36.4 Å². The quantitative estimate of drug-likeness (QED) is 0.298. The number of fused-ring (bicyclic) bond motifs is 1. The third-order valence-electron chi connectivity index (χ3n) is 6.34. The van der Waals surface area contributed by atoms with Crippen LogP contribution in [0.2, 0.25) is 5.02 Å². The summed E-state index contributed by atoms with van der Waals surface area (Å²) in [7, 11) is -7.82. The molecule has 0 saturated heterocycles. The van der Waals surface area contributed by atoms with Gasteiger partial charge in [-0.3, -0.25) is 13.8 Å². The fourth-order valence-corrected chi connectivity index (χ4v) is 7.54. The lowest BCUT2D eigenvalue weighted by molar-refractivity contribution is 0.102. The van der Waals surface area contributed by atoms with E-state index >= 15 is 0 Å². The number of hydrogen-bond donors (Lipinski definition) is 2. The molecule has 0 unspecified atom stereocenters. The van der Waals surface area contributed by atoms with Gasteiger partial charge in [0.05, 0.1) is 26.2 Å². The van der Waals surface area contributed by atoms with Crippen LogP contribution in [-0.2, 0) is 26.5 Å². The molecule has 1 amide bonds. The molecule has 0 saturated carbocycles. The number of carbonyl (C=O) groups excluding carboxylic acids is 1. The number of anilines is 3. The Morgan fingerprint density at radius 3 is 2.28 bits per heavy atom. The lowest BCUT2D eigenvalue weighted by Gasteiger charge is -2.24. The summed E-state index contributed by atoms with van der Waals surface area (Å²) < 4.78 is 56.4. The van der Waals surface area contributed by atoms with Gasteiger partial charge in [0.15, 0.2) is 0 Å². The van der Waals surface area contributed by atoms with Crippen molar-refractivity contribution in [2.45, 2.75) is 29.2 Å². The van der Waals surface area contributed by atoms with Crippen molar-refractivity contribution in [3.05, 3.63) is 113 Å². The summed E-state index contributed by atoms with van der Waals surface area (Å²) in [6, 6.07) is 25.0. The topological polar surface area (TPSA) is 113 Å². The van der Waals surface area contributed by atoms with Crippen molar-refractivity contribution >= 4 is 54.6 Å². The smallest absolute Gasteiger partial charge is 0.264 e. The molecule has 0 bridgehead atoms. The highest BCUT2D eigenvalue weighted by atomic mass is 35.5. The third-order valence-corrected chi connectivity index (χ3v) is 9.97. The van der Waals surface area contributed by atoms with Crippen molar-refractivity contribution in [3.63, 3.8) is 0 Å². The first kappa shape index (κ1) is 26.7. The molecular weight excluding hydrogens is 558 g/mol. The highest BCUT2D eigenvalue weighted by Crippen LogP contribution is 2.36. The number of sulfonamides is 2. The molecule has 8 nitrogen and oxygen atoms in total. The summed E-state index contributed by atoms with van der Waals surface area (Å²) in [4.78, 5) is 13.0. The van der Waals surface area contributed by atoms with Crippen LogP contribution >= 0.6 is 11.6 Å². The number of rotatable bonds is 7. The van der Waals surface area contributed by atoms with Gasteiger partial charge < -0.3 is 5.32 Å². The van der Waals surface area contributed by atoms with Gasteiger partial charge in [0, 0.05) is 17.3 Å². The first-order valence-electron chi connectivity index (χ1n) is 12.0. The Morgan fingerprint density at radius 2 is 1.54 bits per heavy atom. The van der Waals surface area contributed by atoms with Crippen LogP contribution in [0.1, 0.15) is 22.8 Å². The van der Waals surface area contributed by atoms with Crippen LogP contribution in [0.15, 0.2) is 107 Å². The lowest BCUT2D eigenvalue weighted by atomic mass is 10.1. The molecule has 0 radical (unpaired) electrons. The average molecular weight is 582 g/mol. The molecule has 2 N–H and O–H groups in total. The van der Waals surface area contributed by atoms with Gasteiger partial charge in [0.1, 0.15) is 0 Å². The summed E-state index contributed by atoms with van der Waals surface area (Å²) in [5.74, 6) is -0.535. The zero-order valence-electron chi connectivity index (χ0n) is 20.7. The molecule has 1 atom stereocenters. The minimum Gasteiger partial charge on any atom is -0.322 e. The van der Waals surface area contributed by atoms with Gasteiger partial charge in [0.25, 0.3) is 26.0 Å². The fourth-order valence-electron chi connectivity index (χ4n) is 4.48. The summed E-state index contributed by atoms with van der Waals surface area (Å²) in [6.07, 6.45) is 0.606. The highest BCUT2D eigenvalue weighted by Gasteiger charge is 2.36. The summed E-state index contributed by atoms with van der Waals surface area (Å²) in [6.45, 7) is 1.85. The van der Waals surface area contributed by atoms with Gasteiger partial charge in [-0.2, -0.15) is 0 Å². The number of nitrogens with zero attached hydrogens (tertiary/aromatic N) is 1. The van der Waals surface area contributed by atoms with Crippen LogP contribution < -0.4 is 14.3 Å². The van der Waals surface area contributed by atoms with E-state index in [1.165, 1.54) is 52.8 Å². The molecule has 4 aromatic carbocycles. The summed E-state index contributed by atoms with van der Waals surface area (Å²) >= 11 is 6.05. The van der Waals surface area contributed by atoms with Crippen molar-refractivity contribution < 1.29 is 21.6 Å². The zero-order chi connectivity index (χ0) is 27.8. The summed E-state index contributed by atoms with van der Waals surface area (Å²) in [5, 5.41) is 2.95. The van der Waals surface area contributed by atoms with E-state index in [9.17, 15) is 21.6 Å². The molecule has 11 heteroatoms. The zero-order valence-corrected chi connectivity index (χ0v) is 23.1. The SMILES string of the molecule is C[C@@H]1Cc2ccccc2N1S(=O)(=O)c1cccc(C(=O)Nc2ccc(S(=O)(=O)Nc3ccccc3Cl)cc2)c1. The second kappa shape index (κ2) is 10.4. The molecule has 39 heavy (non-hydrogen) atoms. The molecule has 0 aliphatic carbocycles. The molecule has 5 rings (SSSR count). The Morgan fingerprint density at radius 1 is 0.846 bits per heavy atom. The Hall–Kier alpha value is -3.86. The van der Waals surface area contributed by atoms with Crippen LogP contribution in [-0.4, -0.2) is 28.8 Å². The van der Waals surface area contributed by atoms with E-state index in [-0.39, 0.29) is 32.1 Å². The standard InChI is InChI=1S/C28H24ClN3O5S2/c1-19-17-20-7-2-5-12-27(20)32(19)39(36,37)24-9-6-8-21(18-24)28(33)30-22-13-15-23(16-14-22)38(34,35)31-26-11-4-3-10-25(26)29/h2-16,18-19,31H,17H2,1H3,(H,30,33)/t19-/m1/s1. The predicted octanol–water partition coefficient (Wildman–Crippen LogP) is 5.53. The van der Waals surface area contributed by atoms with Crippen LogP contribution in [0.4, 0.5) is 17.1 Å². The Bertz CT molecular complexity index is 1780. The number of nitrogens with one attached hydrogen (secondary N) is 2. The molecule has 0 spiro atoms. The van der Waals surface area contributed by atoms with Crippen molar-refractivity contribution in [2.24, 2.45) is 0 Å². The third kappa shape index (κ3) is 5.36. The molecule has 4 aromatic rings. The van der Waals surface area contributed by atoms with E-state index < -0.39 is 26.0 Å². The largest absolute Gasteiger partial charge is 0.322 e. The summed E-state index contributed by atoms with van der Waals surface area (Å²) in [5.41, 5.74) is 2.33. The molecule has 1 heterocycles. The van der Waals surface area contributed by atoms with Gasteiger partial charge in [-0.15, -0.1) is 0 Å². The van der Waals surface area contributed by atoms with Gasteiger partial charge in [-0.05, 0) is 79.6 Å². The minimum absolute atomic E-state index is 0.00536. The molecule has 200 valence electrons. The molecule has 1 aliphatic heterocycles. The Balaban J connectivity index is 1.33. The molecule has 0 aromatic heterocycles. The van der Waals surface area contributed by atoms with Crippen molar-refractivity contribution in [2.75, 3.05) is 14.3 Å². The predicted molar refractivity (Wildman–Crippen MR) is 152 cm³/mol. The second-order valence-electron chi connectivity index (χ2n) is 9.07. The monoisotopic (exact) mass is 581 g/mol. The molecular formula is C28H24ClN3O5S2. The average Bonchev–Trinajstić information content (AvgIpc) is 3.26.